The third kappa shape index (κ3) is 7.08. The molecule has 0 fully saturated rings. The normalized spacial score (nSPS) is 12.1. The highest BCUT2D eigenvalue weighted by atomic mass is 32.2. The smallest absolute Gasteiger partial charge is 0.416 e. The van der Waals surface area contributed by atoms with E-state index in [1.54, 1.807) is 30.3 Å². The fraction of sp³-hybridized carbons (Fsp3) is 0.200. The Morgan fingerprint density at radius 3 is 2.31 bits per heavy atom. The van der Waals surface area contributed by atoms with Crippen molar-refractivity contribution in [1.29, 1.82) is 0 Å². The Kier molecular flexibility index (Phi) is 8.36. The molecule has 1 amide bonds. The van der Waals surface area contributed by atoms with Gasteiger partial charge in [-0.2, -0.15) is 18.3 Å². The molecule has 0 atom stereocenters. The summed E-state index contributed by atoms with van der Waals surface area (Å²) in [6, 6.07) is 17.8. The van der Waals surface area contributed by atoms with Gasteiger partial charge in [0.25, 0.3) is 15.9 Å². The molecule has 0 heterocycles. The van der Waals surface area contributed by atoms with Crippen molar-refractivity contribution in [3.8, 4) is 5.75 Å². The number of anilines is 1. The van der Waals surface area contributed by atoms with E-state index < -0.39 is 34.2 Å². The average molecular weight is 520 g/mol. The van der Waals surface area contributed by atoms with Crippen LogP contribution >= 0.6 is 0 Å². The number of hydrazone groups is 1. The molecule has 0 aliphatic heterocycles. The topological polar surface area (TPSA) is 88.1 Å². The molecule has 0 radical (unpaired) electrons. The van der Waals surface area contributed by atoms with E-state index in [4.69, 9.17) is 4.74 Å². The lowest BCUT2D eigenvalue weighted by molar-refractivity contribution is -0.137. The van der Waals surface area contributed by atoms with Crippen LogP contribution in [0.25, 0.3) is 0 Å². The standard InChI is InChI=1S/C25H24F3N3O4S/c1-18(2)35-22-13-11-19(12-14-22)16-29-30-24(32)17-31(36(33,34)23-9-4-3-5-10-23)21-8-6-7-20(15-21)25(26,27)28/h3-16,18H,17H2,1-2H3,(H,30,32)/b29-16-. The molecule has 0 saturated carbocycles. The summed E-state index contributed by atoms with van der Waals surface area (Å²) in [5, 5.41) is 3.82. The summed E-state index contributed by atoms with van der Waals surface area (Å²) in [6.07, 6.45) is -3.34. The van der Waals surface area contributed by atoms with Crippen molar-refractivity contribution < 1.29 is 31.1 Å². The molecule has 0 bridgehead atoms. The maximum Gasteiger partial charge on any atom is 0.416 e. The lowest BCUT2D eigenvalue weighted by atomic mass is 10.2. The van der Waals surface area contributed by atoms with Crippen LogP contribution < -0.4 is 14.5 Å². The van der Waals surface area contributed by atoms with Crippen LogP contribution in [0.1, 0.15) is 25.0 Å². The molecule has 0 saturated heterocycles. The summed E-state index contributed by atoms with van der Waals surface area (Å²) in [4.78, 5) is 12.4. The van der Waals surface area contributed by atoms with Crippen LogP contribution in [0.5, 0.6) is 5.75 Å². The van der Waals surface area contributed by atoms with Gasteiger partial charge < -0.3 is 4.74 Å². The van der Waals surface area contributed by atoms with Crippen molar-refractivity contribution in [3.05, 3.63) is 90.0 Å². The summed E-state index contributed by atoms with van der Waals surface area (Å²) >= 11 is 0. The highest BCUT2D eigenvalue weighted by molar-refractivity contribution is 7.92. The lowest BCUT2D eigenvalue weighted by Gasteiger charge is -2.24. The quantitative estimate of drug-likeness (QED) is 0.324. The molecule has 0 aliphatic rings. The van der Waals surface area contributed by atoms with E-state index in [1.165, 1.54) is 36.5 Å². The number of benzene rings is 3. The van der Waals surface area contributed by atoms with E-state index in [2.05, 4.69) is 10.5 Å². The third-order valence-electron chi connectivity index (χ3n) is 4.73. The van der Waals surface area contributed by atoms with Gasteiger partial charge >= 0.3 is 6.18 Å². The summed E-state index contributed by atoms with van der Waals surface area (Å²) < 4.78 is 72.4. The van der Waals surface area contributed by atoms with Gasteiger partial charge in [0.1, 0.15) is 12.3 Å². The Morgan fingerprint density at radius 2 is 1.69 bits per heavy atom. The van der Waals surface area contributed by atoms with Gasteiger partial charge in [0.15, 0.2) is 0 Å². The molecule has 0 unspecified atom stereocenters. The number of carbonyl (C=O) groups is 1. The number of alkyl halides is 3. The zero-order valence-corrected chi connectivity index (χ0v) is 20.3. The van der Waals surface area contributed by atoms with Crippen LogP contribution in [0.3, 0.4) is 0 Å². The van der Waals surface area contributed by atoms with E-state index in [0.717, 1.165) is 12.1 Å². The molecule has 0 spiro atoms. The Balaban J connectivity index is 1.82. The summed E-state index contributed by atoms with van der Waals surface area (Å²) in [5.41, 5.74) is 1.50. The van der Waals surface area contributed by atoms with Crippen molar-refractivity contribution in [2.75, 3.05) is 10.8 Å². The molecule has 3 aromatic carbocycles. The van der Waals surface area contributed by atoms with Crippen molar-refractivity contribution in [2.45, 2.75) is 31.0 Å². The van der Waals surface area contributed by atoms with Gasteiger partial charge in [0.05, 0.1) is 28.5 Å². The first-order valence-electron chi connectivity index (χ1n) is 10.8. The van der Waals surface area contributed by atoms with Crippen LogP contribution in [-0.2, 0) is 21.0 Å². The van der Waals surface area contributed by atoms with E-state index in [-0.39, 0.29) is 16.7 Å². The molecule has 0 aromatic heterocycles. The SMILES string of the molecule is CC(C)Oc1ccc(/C=N\NC(=O)CN(c2cccc(C(F)(F)F)c2)S(=O)(=O)c2ccccc2)cc1. The highest BCUT2D eigenvalue weighted by Crippen LogP contribution is 2.33. The summed E-state index contributed by atoms with van der Waals surface area (Å²) in [5.74, 6) is -0.183. The van der Waals surface area contributed by atoms with Gasteiger partial charge in [0, 0.05) is 0 Å². The zero-order chi connectivity index (χ0) is 26.3. The Hall–Kier alpha value is -3.86. The number of carbonyl (C=O) groups excluding carboxylic acids is 1. The van der Waals surface area contributed by atoms with Gasteiger partial charge in [-0.1, -0.05) is 24.3 Å². The summed E-state index contributed by atoms with van der Waals surface area (Å²) in [7, 11) is -4.36. The van der Waals surface area contributed by atoms with Gasteiger partial charge in [-0.15, -0.1) is 0 Å². The third-order valence-corrected chi connectivity index (χ3v) is 6.52. The molecule has 7 nitrogen and oxygen atoms in total. The fourth-order valence-corrected chi connectivity index (χ4v) is 4.56. The number of amides is 1. The Bertz CT molecular complexity index is 1310. The first-order chi connectivity index (χ1) is 17.0. The van der Waals surface area contributed by atoms with Gasteiger partial charge in [-0.25, -0.2) is 13.8 Å². The van der Waals surface area contributed by atoms with E-state index in [0.29, 0.717) is 21.7 Å². The number of ether oxygens (including phenoxy) is 1. The van der Waals surface area contributed by atoms with Crippen LogP contribution in [0.15, 0.2) is 88.9 Å². The number of rotatable bonds is 9. The van der Waals surface area contributed by atoms with Gasteiger partial charge in [-0.05, 0) is 74.0 Å². The minimum Gasteiger partial charge on any atom is -0.491 e. The molecule has 1 N–H and O–H groups in total. The second kappa shape index (κ2) is 11.3. The minimum absolute atomic E-state index is 0.00995. The van der Waals surface area contributed by atoms with Crippen molar-refractivity contribution >= 4 is 27.8 Å². The maximum absolute atomic E-state index is 13.3. The largest absolute Gasteiger partial charge is 0.491 e. The first-order valence-corrected chi connectivity index (χ1v) is 12.2. The lowest BCUT2D eigenvalue weighted by Crippen LogP contribution is -2.39. The molecular formula is C25H24F3N3O4S. The predicted octanol–water partition coefficient (Wildman–Crippen LogP) is 4.84. The number of nitrogens with zero attached hydrogens (tertiary/aromatic N) is 2. The van der Waals surface area contributed by atoms with Gasteiger partial charge in [0.2, 0.25) is 0 Å². The second-order valence-electron chi connectivity index (χ2n) is 7.90. The second-order valence-corrected chi connectivity index (χ2v) is 9.76. The maximum atomic E-state index is 13.3. The van der Waals surface area contributed by atoms with E-state index in [9.17, 15) is 26.4 Å². The summed E-state index contributed by atoms with van der Waals surface area (Å²) in [6.45, 7) is 2.99. The molecule has 3 rings (SSSR count). The van der Waals surface area contributed by atoms with Crippen molar-refractivity contribution in [1.82, 2.24) is 5.43 Å². The highest BCUT2D eigenvalue weighted by Gasteiger charge is 2.33. The monoisotopic (exact) mass is 519 g/mol. The van der Waals surface area contributed by atoms with Crippen LogP contribution in [-0.4, -0.2) is 33.2 Å². The molecule has 3 aromatic rings. The Morgan fingerprint density at radius 1 is 1.03 bits per heavy atom. The number of sulfonamides is 1. The number of hydrogen-bond donors (Lipinski definition) is 1. The molecule has 36 heavy (non-hydrogen) atoms. The molecular weight excluding hydrogens is 495 g/mol. The van der Waals surface area contributed by atoms with Crippen LogP contribution in [0.2, 0.25) is 0 Å². The molecule has 190 valence electrons. The Labute approximate surface area is 207 Å². The number of halogens is 3. The van der Waals surface area contributed by atoms with Crippen LogP contribution in [0.4, 0.5) is 18.9 Å². The molecule has 0 aliphatic carbocycles. The van der Waals surface area contributed by atoms with E-state index in [1.807, 2.05) is 13.8 Å². The minimum atomic E-state index is -4.69. The van der Waals surface area contributed by atoms with Gasteiger partial charge in [-0.3, -0.25) is 9.10 Å². The van der Waals surface area contributed by atoms with Crippen molar-refractivity contribution in [2.24, 2.45) is 5.10 Å². The molecule has 11 heteroatoms. The average Bonchev–Trinajstić information content (AvgIpc) is 2.83. The van der Waals surface area contributed by atoms with Crippen LogP contribution in [0, 0.1) is 0 Å². The number of nitrogens with one attached hydrogen (secondary N) is 1. The number of hydrogen-bond acceptors (Lipinski definition) is 5. The fourth-order valence-electron chi connectivity index (χ4n) is 3.12. The first kappa shape index (κ1) is 26.7. The van der Waals surface area contributed by atoms with E-state index >= 15 is 0 Å². The zero-order valence-electron chi connectivity index (χ0n) is 19.4. The predicted molar refractivity (Wildman–Crippen MR) is 130 cm³/mol. The van der Waals surface area contributed by atoms with Crippen molar-refractivity contribution in [3.63, 3.8) is 0 Å².